The molecule has 0 atom stereocenters. The van der Waals surface area contributed by atoms with E-state index in [1.54, 1.807) is 0 Å². The molecule has 0 saturated heterocycles. The Kier molecular flexibility index (Phi) is 4.99. The molecule has 0 unspecified atom stereocenters. The third kappa shape index (κ3) is 3.85. The molecular weight excluding hydrogens is 262 g/mol. The second-order valence-corrected chi connectivity index (χ2v) is 5.10. The molecule has 0 bridgehead atoms. The number of aryl methyl sites for hydroxylation is 2. The molecule has 2 rings (SSSR count). The van der Waals surface area contributed by atoms with Crippen LogP contribution >= 0.6 is 0 Å². The van der Waals surface area contributed by atoms with Gasteiger partial charge in [-0.3, -0.25) is 4.79 Å². The van der Waals surface area contributed by atoms with Gasteiger partial charge in [-0.2, -0.15) is 0 Å². The predicted molar refractivity (Wildman–Crippen MR) is 86.1 cm³/mol. The highest BCUT2D eigenvalue weighted by atomic mass is 16.5. The summed E-state index contributed by atoms with van der Waals surface area (Å²) in [4.78, 5) is 12.3. The van der Waals surface area contributed by atoms with Gasteiger partial charge < -0.3 is 10.1 Å². The molecule has 110 valence electrons. The molecule has 21 heavy (non-hydrogen) atoms. The van der Waals surface area contributed by atoms with Crippen molar-refractivity contribution in [2.45, 2.75) is 27.2 Å². The number of hydrogen-bond donors (Lipinski definition) is 1. The Hall–Kier alpha value is -2.29. The molecule has 0 aromatic heterocycles. The Labute approximate surface area is 126 Å². The van der Waals surface area contributed by atoms with Gasteiger partial charge in [-0.15, -0.1) is 0 Å². The first-order valence-electron chi connectivity index (χ1n) is 7.22. The van der Waals surface area contributed by atoms with Crippen molar-refractivity contribution < 1.29 is 9.53 Å². The molecule has 0 heterocycles. The number of ether oxygens (including phenoxy) is 1. The summed E-state index contributed by atoms with van der Waals surface area (Å²) in [5, 5.41) is 2.92. The van der Waals surface area contributed by atoms with Gasteiger partial charge in [0.05, 0.1) is 12.3 Å². The SMILES string of the molecule is CCCOc1ccccc1NC(=O)c1ccc(C)c(C)c1. The first-order chi connectivity index (χ1) is 10.1. The number of carbonyl (C=O) groups is 1. The number of rotatable bonds is 5. The van der Waals surface area contributed by atoms with Gasteiger partial charge in [0.2, 0.25) is 0 Å². The standard InChI is InChI=1S/C18H21NO2/c1-4-11-21-17-8-6-5-7-16(17)19-18(20)15-10-9-13(2)14(3)12-15/h5-10,12H,4,11H2,1-3H3,(H,19,20). The van der Waals surface area contributed by atoms with Crippen molar-refractivity contribution in [3.05, 3.63) is 59.2 Å². The van der Waals surface area contributed by atoms with Crippen LogP contribution in [0.5, 0.6) is 5.75 Å². The van der Waals surface area contributed by atoms with Crippen LogP contribution in [-0.4, -0.2) is 12.5 Å². The molecule has 0 aliphatic heterocycles. The van der Waals surface area contributed by atoms with E-state index in [1.165, 1.54) is 5.56 Å². The Morgan fingerprint density at radius 2 is 1.86 bits per heavy atom. The number of anilines is 1. The van der Waals surface area contributed by atoms with Gasteiger partial charge in [0.1, 0.15) is 5.75 Å². The summed E-state index contributed by atoms with van der Waals surface area (Å²) in [5.74, 6) is 0.585. The molecule has 0 radical (unpaired) electrons. The average Bonchev–Trinajstić information content (AvgIpc) is 2.49. The van der Waals surface area contributed by atoms with E-state index in [-0.39, 0.29) is 5.91 Å². The van der Waals surface area contributed by atoms with Crippen LogP contribution in [0.1, 0.15) is 34.8 Å². The fraction of sp³-hybridized carbons (Fsp3) is 0.278. The topological polar surface area (TPSA) is 38.3 Å². The van der Waals surface area contributed by atoms with Crippen LogP contribution in [0.15, 0.2) is 42.5 Å². The second kappa shape index (κ2) is 6.93. The molecule has 0 aliphatic rings. The zero-order valence-electron chi connectivity index (χ0n) is 12.8. The van der Waals surface area contributed by atoms with E-state index in [2.05, 4.69) is 12.2 Å². The second-order valence-electron chi connectivity index (χ2n) is 5.10. The van der Waals surface area contributed by atoms with Crippen molar-refractivity contribution in [1.82, 2.24) is 0 Å². The van der Waals surface area contributed by atoms with Crippen molar-refractivity contribution in [3.8, 4) is 5.75 Å². The molecule has 1 N–H and O–H groups in total. The van der Waals surface area contributed by atoms with Crippen molar-refractivity contribution in [2.24, 2.45) is 0 Å². The fourth-order valence-corrected chi connectivity index (χ4v) is 1.98. The van der Waals surface area contributed by atoms with E-state index < -0.39 is 0 Å². The lowest BCUT2D eigenvalue weighted by Gasteiger charge is -2.12. The fourth-order valence-electron chi connectivity index (χ4n) is 1.98. The average molecular weight is 283 g/mol. The van der Waals surface area contributed by atoms with Gasteiger partial charge in [-0.25, -0.2) is 0 Å². The zero-order valence-corrected chi connectivity index (χ0v) is 12.8. The monoisotopic (exact) mass is 283 g/mol. The van der Waals surface area contributed by atoms with Gasteiger partial charge in [-0.05, 0) is 55.7 Å². The van der Waals surface area contributed by atoms with Gasteiger partial charge in [0.25, 0.3) is 5.91 Å². The zero-order chi connectivity index (χ0) is 15.2. The van der Waals surface area contributed by atoms with Gasteiger partial charge in [0.15, 0.2) is 0 Å². The maximum Gasteiger partial charge on any atom is 0.255 e. The van der Waals surface area contributed by atoms with Crippen molar-refractivity contribution in [2.75, 3.05) is 11.9 Å². The summed E-state index contributed by atoms with van der Waals surface area (Å²) < 4.78 is 5.65. The maximum atomic E-state index is 12.3. The molecule has 1 amide bonds. The Bertz CT molecular complexity index is 635. The summed E-state index contributed by atoms with van der Waals surface area (Å²) in [7, 11) is 0. The molecular formula is C18H21NO2. The van der Waals surface area contributed by atoms with E-state index in [1.807, 2.05) is 56.3 Å². The normalized spacial score (nSPS) is 10.2. The first kappa shape index (κ1) is 15.1. The molecule has 3 nitrogen and oxygen atoms in total. The van der Waals surface area contributed by atoms with Crippen molar-refractivity contribution >= 4 is 11.6 Å². The van der Waals surface area contributed by atoms with Crippen molar-refractivity contribution in [1.29, 1.82) is 0 Å². The van der Waals surface area contributed by atoms with E-state index in [4.69, 9.17) is 4.74 Å². The predicted octanol–water partition coefficient (Wildman–Crippen LogP) is 4.34. The minimum absolute atomic E-state index is 0.120. The van der Waals surface area contributed by atoms with Crippen LogP contribution < -0.4 is 10.1 Å². The van der Waals surface area contributed by atoms with Crippen LogP contribution in [0.2, 0.25) is 0 Å². The largest absolute Gasteiger partial charge is 0.491 e. The van der Waals surface area contributed by atoms with Crippen LogP contribution in [0.3, 0.4) is 0 Å². The first-order valence-corrected chi connectivity index (χ1v) is 7.22. The molecule has 2 aromatic rings. The van der Waals surface area contributed by atoms with Crippen LogP contribution in [-0.2, 0) is 0 Å². The molecule has 0 spiro atoms. The summed E-state index contributed by atoms with van der Waals surface area (Å²) in [6.07, 6.45) is 0.930. The lowest BCUT2D eigenvalue weighted by atomic mass is 10.1. The highest BCUT2D eigenvalue weighted by Crippen LogP contribution is 2.24. The molecule has 3 heteroatoms. The summed E-state index contributed by atoms with van der Waals surface area (Å²) in [6.45, 7) is 6.72. The lowest BCUT2D eigenvalue weighted by Crippen LogP contribution is -2.13. The number of para-hydroxylation sites is 2. The van der Waals surface area contributed by atoms with Gasteiger partial charge in [0, 0.05) is 5.56 Å². The minimum Gasteiger partial charge on any atom is -0.491 e. The highest BCUT2D eigenvalue weighted by molar-refractivity contribution is 6.05. The number of hydrogen-bond acceptors (Lipinski definition) is 2. The van der Waals surface area contributed by atoms with Crippen molar-refractivity contribution in [3.63, 3.8) is 0 Å². The molecule has 0 fully saturated rings. The lowest BCUT2D eigenvalue weighted by molar-refractivity contribution is 0.102. The number of nitrogens with one attached hydrogen (secondary N) is 1. The van der Waals surface area contributed by atoms with Crippen LogP contribution in [0.4, 0.5) is 5.69 Å². The Balaban J connectivity index is 2.17. The van der Waals surface area contributed by atoms with Crippen LogP contribution in [0, 0.1) is 13.8 Å². The van der Waals surface area contributed by atoms with E-state index in [9.17, 15) is 4.79 Å². The van der Waals surface area contributed by atoms with E-state index >= 15 is 0 Å². The number of benzene rings is 2. The number of carbonyl (C=O) groups excluding carboxylic acids is 1. The summed E-state index contributed by atoms with van der Waals surface area (Å²) in [6, 6.07) is 13.2. The van der Waals surface area contributed by atoms with Crippen LogP contribution in [0.25, 0.3) is 0 Å². The summed E-state index contributed by atoms with van der Waals surface area (Å²) in [5.41, 5.74) is 3.65. The highest BCUT2D eigenvalue weighted by Gasteiger charge is 2.10. The smallest absolute Gasteiger partial charge is 0.255 e. The Morgan fingerprint density at radius 1 is 1.10 bits per heavy atom. The summed E-state index contributed by atoms with van der Waals surface area (Å²) >= 11 is 0. The quantitative estimate of drug-likeness (QED) is 0.886. The Morgan fingerprint density at radius 3 is 2.57 bits per heavy atom. The van der Waals surface area contributed by atoms with Gasteiger partial charge >= 0.3 is 0 Å². The van der Waals surface area contributed by atoms with E-state index in [0.717, 1.165) is 12.0 Å². The minimum atomic E-state index is -0.120. The third-order valence-electron chi connectivity index (χ3n) is 3.37. The maximum absolute atomic E-state index is 12.3. The van der Waals surface area contributed by atoms with E-state index in [0.29, 0.717) is 23.6 Å². The molecule has 2 aromatic carbocycles. The third-order valence-corrected chi connectivity index (χ3v) is 3.37. The van der Waals surface area contributed by atoms with Gasteiger partial charge in [-0.1, -0.05) is 25.1 Å². The molecule has 0 saturated carbocycles. The molecule has 0 aliphatic carbocycles. The number of amides is 1.